The second-order valence-electron chi connectivity index (χ2n) is 7.33. The van der Waals surface area contributed by atoms with E-state index in [-0.39, 0.29) is 23.8 Å². The summed E-state index contributed by atoms with van der Waals surface area (Å²) in [4.78, 5) is 5.82. The van der Waals surface area contributed by atoms with Gasteiger partial charge in [0, 0.05) is 30.1 Å². The Balaban J connectivity index is 1.61. The van der Waals surface area contributed by atoms with Gasteiger partial charge in [-0.1, -0.05) is 0 Å². The first kappa shape index (κ1) is 18.4. The van der Waals surface area contributed by atoms with E-state index in [0.29, 0.717) is 13.1 Å². The molecule has 2 aromatic heterocycles. The third-order valence-electron chi connectivity index (χ3n) is 5.46. The number of hydrogen-bond donors (Lipinski definition) is 0. The van der Waals surface area contributed by atoms with E-state index < -0.39 is 25.1 Å². The summed E-state index contributed by atoms with van der Waals surface area (Å²) >= 11 is 1.64. The number of aryl methyl sites for hydroxylation is 2. The Kier molecular flexibility index (Phi) is 4.45. The number of aromatic nitrogens is 2. The Morgan fingerprint density at radius 1 is 1.27 bits per heavy atom. The molecule has 0 saturated carbocycles. The van der Waals surface area contributed by atoms with Crippen molar-refractivity contribution >= 4 is 36.0 Å². The molecule has 0 amide bonds. The molecular weight excluding hydrogens is 394 g/mol. The molecule has 0 N–H and O–H groups in total. The van der Waals surface area contributed by atoms with Crippen LogP contribution < -0.4 is 0 Å². The van der Waals surface area contributed by atoms with Crippen LogP contribution >= 0.6 is 11.3 Å². The first-order valence-corrected chi connectivity index (χ1v) is 13.0. The largest absolute Gasteiger partial charge is 0.292 e. The molecule has 4 rings (SSSR count). The maximum Gasteiger partial charge on any atom is 0.218 e. The number of fused-ring (bicyclic) bond motifs is 1. The molecule has 26 heavy (non-hydrogen) atoms. The minimum absolute atomic E-state index is 0.0243. The zero-order valence-corrected chi connectivity index (χ0v) is 17.3. The molecule has 0 spiro atoms. The van der Waals surface area contributed by atoms with Gasteiger partial charge in [0.15, 0.2) is 9.84 Å². The molecule has 10 heteroatoms. The van der Waals surface area contributed by atoms with Crippen LogP contribution in [-0.2, 0) is 19.9 Å². The Hall–Kier alpha value is -0.970. The van der Waals surface area contributed by atoms with Gasteiger partial charge in [-0.15, -0.1) is 11.3 Å². The van der Waals surface area contributed by atoms with E-state index in [4.69, 9.17) is 4.98 Å². The number of sulfonamides is 1. The molecule has 2 aliphatic heterocycles. The van der Waals surface area contributed by atoms with Gasteiger partial charge in [-0.25, -0.2) is 26.1 Å². The minimum Gasteiger partial charge on any atom is -0.292 e. The van der Waals surface area contributed by atoms with Gasteiger partial charge >= 0.3 is 0 Å². The highest BCUT2D eigenvalue weighted by Crippen LogP contribution is 2.35. The van der Waals surface area contributed by atoms with Crippen molar-refractivity contribution in [2.24, 2.45) is 0 Å². The maximum atomic E-state index is 13.0. The Bertz CT molecular complexity index is 1050. The minimum atomic E-state index is -3.59. The standard InChI is InChI=1S/C16H23N3O4S3/c1-11-9-24-16-15(17-12(2)19(11)16)13-4-3-6-18(8-13)26(22,23)14-5-7-25(20,21)10-14/h9,13-14H,3-8,10H2,1-2H3. The van der Waals surface area contributed by atoms with E-state index in [9.17, 15) is 16.8 Å². The van der Waals surface area contributed by atoms with Crippen molar-refractivity contribution in [1.29, 1.82) is 0 Å². The van der Waals surface area contributed by atoms with E-state index in [1.807, 2.05) is 13.8 Å². The van der Waals surface area contributed by atoms with Gasteiger partial charge in [0.05, 0.1) is 22.4 Å². The summed E-state index contributed by atoms with van der Waals surface area (Å²) < 4.78 is 53.0. The highest BCUT2D eigenvalue weighted by atomic mass is 32.2. The quantitative estimate of drug-likeness (QED) is 0.758. The lowest BCUT2D eigenvalue weighted by Crippen LogP contribution is -2.44. The van der Waals surface area contributed by atoms with E-state index in [1.54, 1.807) is 11.3 Å². The molecule has 4 heterocycles. The normalized spacial score (nSPS) is 27.3. The number of hydrogen-bond acceptors (Lipinski definition) is 6. The van der Waals surface area contributed by atoms with Crippen LogP contribution in [0.4, 0.5) is 0 Å². The third kappa shape index (κ3) is 3.00. The summed E-state index contributed by atoms with van der Waals surface area (Å²) in [7, 11) is -6.82. The topological polar surface area (TPSA) is 88.8 Å². The van der Waals surface area contributed by atoms with Gasteiger partial charge < -0.3 is 0 Å². The molecule has 2 aromatic rings. The highest BCUT2D eigenvalue weighted by molar-refractivity contribution is 7.95. The molecule has 0 aliphatic carbocycles. The molecule has 2 unspecified atom stereocenters. The van der Waals surface area contributed by atoms with Crippen LogP contribution in [0.1, 0.15) is 42.4 Å². The zero-order chi connectivity index (χ0) is 18.7. The highest BCUT2D eigenvalue weighted by Gasteiger charge is 2.42. The van der Waals surface area contributed by atoms with Gasteiger partial charge in [0.2, 0.25) is 10.0 Å². The van der Waals surface area contributed by atoms with Crippen LogP contribution in [0.15, 0.2) is 5.38 Å². The molecule has 2 fully saturated rings. The average Bonchev–Trinajstić information content (AvgIpc) is 3.24. The molecule has 2 saturated heterocycles. The zero-order valence-electron chi connectivity index (χ0n) is 14.9. The van der Waals surface area contributed by atoms with Gasteiger partial charge in [0.1, 0.15) is 10.7 Å². The van der Waals surface area contributed by atoms with Crippen LogP contribution in [0.25, 0.3) is 4.83 Å². The van der Waals surface area contributed by atoms with Crippen LogP contribution in [-0.4, -0.2) is 60.4 Å². The van der Waals surface area contributed by atoms with Crippen LogP contribution in [0.5, 0.6) is 0 Å². The van der Waals surface area contributed by atoms with E-state index in [1.165, 1.54) is 4.31 Å². The molecule has 2 atom stereocenters. The predicted octanol–water partition coefficient (Wildman–Crippen LogP) is 1.71. The SMILES string of the molecule is Cc1csc2c(C3CCCN(S(=O)(=O)C4CCS(=O)(=O)C4)C3)nc(C)n12. The molecule has 0 radical (unpaired) electrons. The van der Waals surface area contributed by atoms with Crippen LogP contribution in [0.2, 0.25) is 0 Å². The van der Waals surface area contributed by atoms with Crippen molar-refractivity contribution in [1.82, 2.24) is 13.7 Å². The number of nitrogens with zero attached hydrogens (tertiary/aromatic N) is 3. The number of imidazole rings is 1. The molecule has 7 nitrogen and oxygen atoms in total. The Morgan fingerprint density at radius 2 is 2.04 bits per heavy atom. The summed E-state index contributed by atoms with van der Waals surface area (Å²) in [6.45, 7) is 4.87. The predicted molar refractivity (Wildman–Crippen MR) is 102 cm³/mol. The lowest BCUT2D eigenvalue weighted by molar-refractivity contribution is 0.311. The van der Waals surface area contributed by atoms with Crippen molar-refractivity contribution in [3.63, 3.8) is 0 Å². The summed E-state index contributed by atoms with van der Waals surface area (Å²) in [6.07, 6.45) is 1.88. The second-order valence-corrected chi connectivity index (χ2v) is 12.6. The summed E-state index contributed by atoms with van der Waals surface area (Å²) in [6, 6.07) is 0. The van der Waals surface area contributed by atoms with Crippen LogP contribution in [0, 0.1) is 13.8 Å². The number of sulfone groups is 1. The smallest absolute Gasteiger partial charge is 0.218 e. The van der Waals surface area contributed by atoms with Crippen molar-refractivity contribution in [2.45, 2.75) is 44.3 Å². The van der Waals surface area contributed by atoms with Gasteiger partial charge in [-0.05, 0) is 33.1 Å². The Morgan fingerprint density at radius 3 is 2.73 bits per heavy atom. The molecule has 144 valence electrons. The Labute approximate surface area is 158 Å². The fourth-order valence-corrected chi connectivity index (χ4v) is 9.84. The first-order chi connectivity index (χ1) is 12.2. The molecule has 0 bridgehead atoms. The summed E-state index contributed by atoms with van der Waals surface area (Å²) in [5.74, 6) is 0.715. The average molecular weight is 418 g/mol. The molecule has 2 aliphatic rings. The van der Waals surface area contributed by atoms with E-state index >= 15 is 0 Å². The lowest BCUT2D eigenvalue weighted by atomic mass is 9.97. The molecular formula is C16H23N3O4S3. The lowest BCUT2D eigenvalue weighted by Gasteiger charge is -2.32. The van der Waals surface area contributed by atoms with Crippen molar-refractivity contribution in [2.75, 3.05) is 24.6 Å². The second kappa shape index (κ2) is 6.29. The van der Waals surface area contributed by atoms with Gasteiger partial charge in [-0.2, -0.15) is 0 Å². The monoisotopic (exact) mass is 417 g/mol. The summed E-state index contributed by atoms with van der Waals surface area (Å²) in [5, 5.41) is 1.30. The maximum absolute atomic E-state index is 13.0. The van der Waals surface area contributed by atoms with Crippen molar-refractivity contribution in [3.8, 4) is 0 Å². The van der Waals surface area contributed by atoms with Crippen molar-refractivity contribution < 1.29 is 16.8 Å². The van der Waals surface area contributed by atoms with Gasteiger partial charge in [0.25, 0.3) is 0 Å². The summed E-state index contributed by atoms with van der Waals surface area (Å²) in [5.41, 5.74) is 2.11. The van der Waals surface area contributed by atoms with Crippen LogP contribution in [0.3, 0.4) is 0 Å². The number of rotatable bonds is 3. The van der Waals surface area contributed by atoms with E-state index in [2.05, 4.69) is 9.78 Å². The number of thiazole rings is 1. The fraction of sp³-hybridized carbons (Fsp3) is 0.688. The third-order valence-corrected chi connectivity index (χ3v) is 10.8. The van der Waals surface area contributed by atoms with Crippen molar-refractivity contribution in [3.05, 3.63) is 22.6 Å². The van der Waals surface area contributed by atoms with Gasteiger partial charge in [-0.3, -0.25) is 4.40 Å². The van der Waals surface area contributed by atoms with E-state index in [0.717, 1.165) is 34.9 Å². The fourth-order valence-electron chi connectivity index (χ4n) is 4.13. The molecule has 0 aromatic carbocycles. The first-order valence-electron chi connectivity index (χ1n) is 8.81. The number of piperidine rings is 1.